The van der Waals surface area contributed by atoms with Crippen LogP contribution in [0.5, 0.6) is 0 Å². The van der Waals surface area contributed by atoms with Crippen molar-refractivity contribution in [3.05, 3.63) is 59.4 Å². The summed E-state index contributed by atoms with van der Waals surface area (Å²) in [7, 11) is 0. The topological polar surface area (TPSA) is 0 Å². The zero-order chi connectivity index (χ0) is 23.7. The zero-order valence-corrected chi connectivity index (χ0v) is 20.6. The van der Waals surface area contributed by atoms with Crippen LogP contribution in [0.1, 0.15) is 115 Å². The molecule has 2 aromatic carbocycles. The highest BCUT2D eigenvalue weighted by Gasteiger charge is 2.34. The molecular weight excluding hydrogens is 417 g/mol. The van der Waals surface area contributed by atoms with Crippen molar-refractivity contribution in [3.8, 4) is 11.1 Å². The van der Waals surface area contributed by atoms with Crippen molar-refractivity contribution in [2.45, 2.75) is 115 Å². The van der Waals surface area contributed by atoms with E-state index >= 15 is 4.39 Å². The summed E-state index contributed by atoms with van der Waals surface area (Å²) in [6, 6.07) is 11.9. The molecule has 0 nitrogen and oxygen atoms in total. The van der Waals surface area contributed by atoms with Crippen molar-refractivity contribution in [2.24, 2.45) is 0 Å². The molecule has 1 aliphatic rings. The molecule has 33 heavy (non-hydrogen) atoms. The number of alkyl halides is 2. The molecule has 182 valence electrons. The first-order valence-electron chi connectivity index (χ1n) is 13.2. The quantitative estimate of drug-likeness (QED) is 0.277. The van der Waals surface area contributed by atoms with Crippen molar-refractivity contribution in [3.63, 3.8) is 0 Å². The molecule has 0 saturated heterocycles. The summed E-state index contributed by atoms with van der Waals surface area (Å²) in [5, 5.41) is 0. The van der Waals surface area contributed by atoms with Gasteiger partial charge >= 0.3 is 0 Å². The molecule has 0 spiro atoms. The third-order valence-electron chi connectivity index (χ3n) is 7.61. The molecule has 1 saturated carbocycles. The Labute approximate surface area is 199 Å². The maximum atomic E-state index is 15.3. The van der Waals surface area contributed by atoms with Crippen LogP contribution in [-0.4, -0.2) is 0 Å². The van der Waals surface area contributed by atoms with E-state index < -0.39 is 5.92 Å². The number of rotatable bonds is 12. The molecule has 0 aliphatic heterocycles. The van der Waals surface area contributed by atoms with Gasteiger partial charge in [0, 0.05) is 17.5 Å². The first-order chi connectivity index (χ1) is 15.9. The fourth-order valence-corrected chi connectivity index (χ4v) is 5.49. The van der Waals surface area contributed by atoms with Crippen LogP contribution in [0.25, 0.3) is 11.1 Å². The summed E-state index contributed by atoms with van der Waals surface area (Å²) in [6.45, 7) is 4.15. The van der Waals surface area contributed by atoms with E-state index in [0.29, 0.717) is 17.5 Å². The van der Waals surface area contributed by atoms with Gasteiger partial charge in [0.25, 0.3) is 5.92 Å². The van der Waals surface area contributed by atoms with Crippen LogP contribution in [0.4, 0.5) is 13.2 Å². The Hall–Kier alpha value is -1.77. The third-order valence-corrected chi connectivity index (χ3v) is 7.61. The normalized spacial score (nSPS) is 16.2. The lowest BCUT2D eigenvalue weighted by molar-refractivity contribution is -0.0154. The fourth-order valence-electron chi connectivity index (χ4n) is 5.49. The van der Waals surface area contributed by atoms with Gasteiger partial charge in [-0.25, -0.2) is 13.2 Å². The fraction of sp³-hybridized carbons (Fsp3) is 0.600. The van der Waals surface area contributed by atoms with Crippen LogP contribution in [0.15, 0.2) is 42.5 Å². The van der Waals surface area contributed by atoms with Crippen molar-refractivity contribution >= 4 is 0 Å². The van der Waals surface area contributed by atoms with Crippen LogP contribution < -0.4 is 0 Å². The Bertz CT molecular complexity index is 847. The molecule has 2 aromatic rings. The summed E-state index contributed by atoms with van der Waals surface area (Å²) in [5.74, 6) is -3.07. The average Bonchev–Trinajstić information content (AvgIpc) is 2.83. The summed E-state index contributed by atoms with van der Waals surface area (Å²) >= 11 is 0. The van der Waals surface area contributed by atoms with Gasteiger partial charge in [-0.2, -0.15) is 0 Å². The van der Waals surface area contributed by atoms with Crippen LogP contribution in [0, 0.1) is 5.82 Å². The first-order valence-corrected chi connectivity index (χ1v) is 13.2. The van der Waals surface area contributed by atoms with Crippen molar-refractivity contribution < 1.29 is 13.2 Å². The standard InChI is InChI=1S/C30H41F3/c1-3-5-7-8-10-19-29(20-11-9-12-21-29)26-17-18-27(28(31)23-26)24-13-15-25(16-14-24)30(32,33)22-6-4-2/h13-18,23H,3-12,19-22H2,1-2H3. The van der Waals surface area contributed by atoms with E-state index in [-0.39, 0.29) is 23.2 Å². The van der Waals surface area contributed by atoms with Gasteiger partial charge in [0.2, 0.25) is 0 Å². The van der Waals surface area contributed by atoms with Gasteiger partial charge in [-0.3, -0.25) is 0 Å². The lowest BCUT2D eigenvalue weighted by Crippen LogP contribution is -2.29. The molecular formula is C30H41F3. The lowest BCUT2D eigenvalue weighted by Gasteiger charge is -2.38. The molecule has 1 aliphatic carbocycles. The molecule has 1 fully saturated rings. The predicted octanol–water partition coefficient (Wildman–Crippen LogP) is 10.3. The summed E-state index contributed by atoms with van der Waals surface area (Å²) in [4.78, 5) is 0. The maximum Gasteiger partial charge on any atom is 0.273 e. The van der Waals surface area contributed by atoms with E-state index in [4.69, 9.17) is 0 Å². The lowest BCUT2D eigenvalue weighted by atomic mass is 9.66. The molecule has 0 amide bonds. The van der Waals surface area contributed by atoms with Crippen LogP contribution >= 0.6 is 0 Å². The predicted molar refractivity (Wildman–Crippen MR) is 133 cm³/mol. The number of unbranched alkanes of at least 4 members (excludes halogenated alkanes) is 5. The highest BCUT2D eigenvalue weighted by molar-refractivity contribution is 5.65. The summed E-state index contributed by atoms with van der Waals surface area (Å²) in [5.41, 5.74) is 2.39. The molecule has 0 atom stereocenters. The first kappa shape index (κ1) is 25.8. The SMILES string of the molecule is CCCCCCCC1(c2ccc(-c3ccc(C(F)(F)CCCC)cc3)c(F)c2)CCCCC1. The van der Waals surface area contributed by atoms with E-state index in [1.807, 2.05) is 13.0 Å². The van der Waals surface area contributed by atoms with Gasteiger partial charge in [-0.05, 0) is 48.3 Å². The zero-order valence-electron chi connectivity index (χ0n) is 20.6. The van der Waals surface area contributed by atoms with Crippen LogP contribution in [0.3, 0.4) is 0 Å². The van der Waals surface area contributed by atoms with E-state index in [9.17, 15) is 8.78 Å². The van der Waals surface area contributed by atoms with Gasteiger partial charge in [-0.15, -0.1) is 0 Å². The van der Waals surface area contributed by atoms with Gasteiger partial charge in [-0.1, -0.05) is 108 Å². The van der Waals surface area contributed by atoms with Crippen LogP contribution in [0.2, 0.25) is 0 Å². The van der Waals surface area contributed by atoms with Gasteiger partial charge in [0.1, 0.15) is 5.82 Å². The second-order valence-electron chi connectivity index (χ2n) is 10.1. The monoisotopic (exact) mass is 458 g/mol. The summed E-state index contributed by atoms with van der Waals surface area (Å²) in [6.07, 6.45) is 14.5. The molecule has 0 N–H and O–H groups in total. The van der Waals surface area contributed by atoms with Crippen molar-refractivity contribution in [1.82, 2.24) is 0 Å². The molecule has 0 heterocycles. The van der Waals surface area contributed by atoms with E-state index in [1.165, 1.54) is 63.5 Å². The minimum Gasteiger partial charge on any atom is -0.206 e. The Morgan fingerprint density at radius 3 is 2.09 bits per heavy atom. The van der Waals surface area contributed by atoms with Gasteiger partial charge in [0.15, 0.2) is 0 Å². The molecule has 3 rings (SSSR count). The Balaban J connectivity index is 1.77. The van der Waals surface area contributed by atoms with Gasteiger partial charge < -0.3 is 0 Å². The van der Waals surface area contributed by atoms with Gasteiger partial charge in [0.05, 0.1) is 0 Å². The number of hydrogen-bond donors (Lipinski definition) is 0. The minimum atomic E-state index is -2.83. The Morgan fingerprint density at radius 2 is 1.45 bits per heavy atom. The highest BCUT2D eigenvalue weighted by atomic mass is 19.3. The average molecular weight is 459 g/mol. The number of hydrogen-bond acceptors (Lipinski definition) is 0. The van der Waals surface area contributed by atoms with E-state index in [1.54, 1.807) is 18.2 Å². The third kappa shape index (κ3) is 6.64. The molecule has 0 bridgehead atoms. The van der Waals surface area contributed by atoms with Crippen molar-refractivity contribution in [1.29, 1.82) is 0 Å². The second kappa shape index (κ2) is 12.1. The van der Waals surface area contributed by atoms with E-state index in [0.717, 1.165) is 31.2 Å². The highest BCUT2D eigenvalue weighted by Crippen LogP contribution is 2.44. The number of benzene rings is 2. The van der Waals surface area contributed by atoms with Crippen LogP contribution in [-0.2, 0) is 11.3 Å². The molecule has 0 radical (unpaired) electrons. The molecule has 0 unspecified atom stereocenters. The minimum absolute atomic E-state index is 0.0148. The number of halogens is 3. The Kier molecular flexibility index (Phi) is 9.47. The largest absolute Gasteiger partial charge is 0.273 e. The Morgan fingerprint density at radius 1 is 0.788 bits per heavy atom. The summed E-state index contributed by atoms with van der Waals surface area (Å²) < 4.78 is 44.0. The smallest absolute Gasteiger partial charge is 0.206 e. The molecule has 3 heteroatoms. The van der Waals surface area contributed by atoms with Crippen molar-refractivity contribution in [2.75, 3.05) is 0 Å². The van der Waals surface area contributed by atoms with E-state index in [2.05, 4.69) is 13.0 Å². The molecule has 0 aromatic heterocycles. The second-order valence-corrected chi connectivity index (χ2v) is 10.1. The maximum absolute atomic E-state index is 15.3.